The number of Topliss-reactive ketones (excluding diaryl/α,β-unsaturated/α-hetero) is 1. The summed E-state index contributed by atoms with van der Waals surface area (Å²) in [5.74, 6) is -2.11. The fourth-order valence-electron chi connectivity index (χ4n) is 5.05. The van der Waals surface area contributed by atoms with Crippen molar-refractivity contribution in [3.8, 4) is 0 Å². The van der Waals surface area contributed by atoms with E-state index in [0.29, 0.717) is 49.3 Å². The largest absolute Gasteiger partial charge is 0.456 e. The summed E-state index contributed by atoms with van der Waals surface area (Å²) in [4.78, 5) is 28.6. The van der Waals surface area contributed by atoms with Crippen LogP contribution in [0.25, 0.3) is 0 Å². The first-order chi connectivity index (χ1) is 16.8. The molecule has 1 amide bonds. The summed E-state index contributed by atoms with van der Waals surface area (Å²) in [5, 5.41) is 0. The number of likely N-dealkylation sites (N-methyl/N-ethyl adjacent to an activating group) is 1. The van der Waals surface area contributed by atoms with Crippen molar-refractivity contribution >= 4 is 11.7 Å². The topological polar surface area (TPSA) is 54.8 Å². The number of piperidine rings is 1. The highest BCUT2D eigenvalue weighted by atomic mass is 19.4. The molecule has 0 unspecified atom stereocenters. The summed E-state index contributed by atoms with van der Waals surface area (Å²) < 4.78 is 81.9. The van der Waals surface area contributed by atoms with Crippen molar-refractivity contribution in [3.63, 3.8) is 0 Å². The maximum absolute atomic E-state index is 13.1. The predicted molar refractivity (Wildman–Crippen MR) is 116 cm³/mol. The summed E-state index contributed by atoms with van der Waals surface area (Å²) in [6, 6.07) is 8.94. The first-order valence-corrected chi connectivity index (χ1v) is 11.4. The van der Waals surface area contributed by atoms with Crippen LogP contribution in [0.4, 0.5) is 26.3 Å². The van der Waals surface area contributed by atoms with Gasteiger partial charge in [-0.05, 0) is 49.7 Å². The molecule has 2 aliphatic heterocycles. The van der Waals surface area contributed by atoms with Gasteiger partial charge in [0.25, 0.3) is 11.7 Å². The second-order valence-electron chi connectivity index (χ2n) is 9.13. The number of ether oxygens (including phenoxy) is 1. The fourth-order valence-corrected chi connectivity index (χ4v) is 5.05. The zero-order valence-corrected chi connectivity index (χ0v) is 19.5. The van der Waals surface area contributed by atoms with Crippen molar-refractivity contribution < 1.29 is 40.7 Å². The van der Waals surface area contributed by atoms with Gasteiger partial charge < -0.3 is 14.2 Å². The molecule has 0 bridgehead atoms. The highest BCUT2D eigenvalue weighted by Crippen LogP contribution is 2.42. The minimum Gasteiger partial charge on any atom is -0.367 e. The average Bonchev–Trinajstić information content (AvgIpc) is 3.25. The van der Waals surface area contributed by atoms with Crippen molar-refractivity contribution in [2.45, 2.75) is 43.9 Å². The molecule has 12 heteroatoms. The second-order valence-corrected chi connectivity index (χ2v) is 9.13. The molecule has 1 fully saturated rings. The Morgan fingerprint density at radius 3 is 2.14 bits per heavy atom. The van der Waals surface area contributed by atoms with Gasteiger partial charge in [0.15, 0.2) is 0 Å². The summed E-state index contributed by atoms with van der Waals surface area (Å²) in [7, 11) is 1.89. The van der Waals surface area contributed by atoms with Crippen molar-refractivity contribution in [2.75, 3.05) is 33.3 Å². The van der Waals surface area contributed by atoms with Gasteiger partial charge in [-0.25, -0.2) is 0 Å². The summed E-state index contributed by atoms with van der Waals surface area (Å²) in [6.07, 6.45) is -8.42. The van der Waals surface area contributed by atoms with Crippen molar-refractivity contribution in [1.29, 1.82) is 0 Å². The Hall–Kier alpha value is -2.86. The molecule has 6 nitrogen and oxygen atoms in total. The third-order valence-electron chi connectivity index (χ3n) is 6.95. The number of hydrogen-bond acceptors (Lipinski definition) is 4. The lowest BCUT2D eigenvalue weighted by atomic mass is 9.81. The molecule has 1 aromatic carbocycles. The number of alkyl halides is 6. The van der Waals surface area contributed by atoms with Crippen LogP contribution >= 0.6 is 0 Å². The van der Waals surface area contributed by atoms with E-state index in [9.17, 15) is 35.9 Å². The van der Waals surface area contributed by atoms with E-state index in [0.717, 1.165) is 0 Å². The Bertz CT molecular complexity index is 1120. The van der Waals surface area contributed by atoms with Crippen LogP contribution in [0.5, 0.6) is 0 Å². The van der Waals surface area contributed by atoms with Crippen LogP contribution in [0.2, 0.25) is 0 Å². The van der Waals surface area contributed by atoms with Gasteiger partial charge in [0, 0.05) is 37.4 Å². The molecule has 2 aliphatic rings. The molecule has 0 saturated carbocycles. The molecule has 1 saturated heterocycles. The molecule has 0 N–H and O–H groups in total. The third kappa shape index (κ3) is 5.15. The Balaban J connectivity index is 1.44. The number of amides is 1. The van der Waals surface area contributed by atoms with Crippen molar-refractivity contribution in [1.82, 2.24) is 14.4 Å². The maximum atomic E-state index is 13.1. The van der Waals surface area contributed by atoms with E-state index < -0.39 is 30.3 Å². The molecule has 196 valence electrons. The molecule has 0 radical (unpaired) electrons. The highest BCUT2D eigenvalue weighted by Gasteiger charge is 2.47. The molecule has 1 spiro atoms. The second kappa shape index (κ2) is 9.55. The minimum absolute atomic E-state index is 0.231. The SMILES string of the molecule is CN1CCn2c(C(=O)C(F)(F)F)ccc2C12CCN(C(=O)c1ccc(COCC(F)(F)F)cc1)CC2. The van der Waals surface area contributed by atoms with Gasteiger partial charge in [0.05, 0.1) is 17.8 Å². The van der Waals surface area contributed by atoms with Crippen LogP contribution in [0.15, 0.2) is 36.4 Å². The number of hydrogen-bond donors (Lipinski definition) is 0. The summed E-state index contributed by atoms with van der Waals surface area (Å²) in [5.41, 5.74) is 0.548. The monoisotopic (exact) mass is 517 g/mol. The van der Waals surface area contributed by atoms with Crippen LogP contribution in [-0.4, -0.2) is 71.7 Å². The zero-order valence-electron chi connectivity index (χ0n) is 19.5. The van der Waals surface area contributed by atoms with Gasteiger partial charge in [-0.15, -0.1) is 0 Å². The van der Waals surface area contributed by atoms with Gasteiger partial charge in [-0.2, -0.15) is 26.3 Å². The molecule has 0 atom stereocenters. The number of benzene rings is 1. The van der Waals surface area contributed by atoms with Crippen LogP contribution in [0.3, 0.4) is 0 Å². The number of aromatic nitrogens is 1. The number of carbonyl (C=O) groups excluding carboxylic acids is 2. The normalized spacial score (nSPS) is 18.4. The molecule has 0 aliphatic carbocycles. The number of halogens is 6. The smallest absolute Gasteiger partial charge is 0.367 e. The van der Waals surface area contributed by atoms with E-state index >= 15 is 0 Å². The van der Waals surface area contributed by atoms with E-state index in [1.807, 2.05) is 7.05 Å². The van der Waals surface area contributed by atoms with Crippen molar-refractivity contribution in [3.05, 3.63) is 58.9 Å². The van der Waals surface area contributed by atoms with Crippen molar-refractivity contribution in [2.24, 2.45) is 0 Å². The maximum Gasteiger partial charge on any atom is 0.456 e. The molecule has 1 aromatic heterocycles. The number of ketones is 1. The van der Waals surface area contributed by atoms with E-state index in [1.54, 1.807) is 11.0 Å². The fraction of sp³-hybridized carbons (Fsp3) is 0.500. The molecule has 2 aromatic rings. The average molecular weight is 517 g/mol. The van der Waals surface area contributed by atoms with Gasteiger partial charge in [0.1, 0.15) is 6.61 Å². The van der Waals surface area contributed by atoms with E-state index in [2.05, 4.69) is 9.64 Å². The minimum atomic E-state index is -4.96. The summed E-state index contributed by atoms with van der Waals surface area (Å²) in [6.45, 7) is -0.149. The zero-order chi connectivity index (χ0) is 26.3. The number of fused-ring (bicyclic) bond motifs is 2. The third-order valence-corrected chi connectivity index (χ3v) is 6.95. The van der Waals surface area contributed by atoms with E-state index in [-0.39, 0.29) is 24.8 Å². The Morgan fingerprint density at radius 2 is 1.56 bits per heavy atom. The molecular weight excluding hydrogens is 492 g/mol. The van der Waals surface area contributed by atoms with Crippen LogP contribution in [0.1, 0.15) is 44.9 Å². The first-order valence-electron chi connectivity index (χ1n) is 11.4. The van der Waals surface area contributed by atoms with Crippen LogP contribution in [-0.2, 0) is 23.4 Å². The molecular formula is C24H25F6N3O3. The lowest BCUT2D eigenvalue weighted by molar-refractivity contribution is -0.176. The Morgan fingerprint density at radius 1 is 0.917 bits per heavy atom. The van der Waals surface area contributed by atoms with E-state index in [1.165, 1.54) is 34.9 Å². The number of likely N-dealkylation sites (tertiary alicyclic amines) is 1. The Kier molecular flexibility index (Phi) is 6.95. The lowest BCUT2D eigenvalue weighted by Crippen LogP contribution is -2.56. The standard InChI is InChI=1S/C24H25F6N3O3/c1-31-12-13-33-18(20(34)24(28,29)30)6-7-19(33)22(31)8-10-32(11-9-22)21(35)17-4-2-16(3-5-17)14-36-15-23(25,26)27/h2-7H,8-15H2,1H3. The number of rotatable bonds is 5. The van der Waals surface area contributed by atoms with Crippen LogP contribution < -0.4 is 0 Å². The molecule has 36 heavy (non-hydrogen) atoms. The molecule has 3 heterocycles. The molecule has 4 rings (SSSR count). The lowest BCUT2D eigenvalue weighted by Gasteiger charge is -2.50. The highest BCUT2D eigenvalue weighted by molar-refractivity contribution is 5.99. The van der Waals surface area contributed by atoms with Gasteiger partial charge in [-0.1, -0.05) is 12.1 Å². The van der Waals surface area contributed by atoms with Gasteiger partial charge in [-0.3, -0.25) is 14.5 Å². The summed E-state index contributed by atoms with van der Waals surface area (Å²) >= 11 is 0. The van der Waals surface area contributed by atoms with Crippen LogP contribution in [0, 0.1) is 0 Å². The Labute approximate surface area is 203 Å². The van der Waals surface area contributed by atoms with E-state index in [4.69, 9.17) is 0 Å². The van der Waals surface area contributed by atoms with Gasteiger partial charge >= 0.3 is 12.4 Å². The predicted octanol–water partition coefficient (Wildman–Crippen LogP) is 4.39. The van der Waals surface area contributed by atoms with Gasteiger partial charge in [0.2, 0.25) is 0 Å². The number of carbonyl (C=O) groups is 2. The number of nitrogens with zero attached hydrogens (tertiary/aromatic N) is 3. The quantitative estimate of drug-likeness (QED) is 0.436. The first kappa shape index (κ1) is 26.2.